The number of methoxy groups -OCH3 is 1. The Morgan fingerprint density at radius 3 is 2.85 bits per heavy atom. The number of carbonyl (C=O) groups is 1. The molecule has 0 aromatic carbocycles. The minimum Gasteiger partial charge on any atom is -0.480 e. The fourth-order valence-corrected chi connectivity index (χ4v) is 5.18. The summed E-state index contributed by atoms with van der Waals surface area (Å²) in [4.78, 5) is 36.0. The van der Waals surface area contributed by atoms with Gasteiger partial charge >= 0.3 is 0 Å². The van der Waals surface area contributed by atoms with Crippen molar-refractivity contribution in [2.24, 2.45) is 5.41 Å². The van der Waals surface area contributed by atoms with Crippen LogP contribution in [0.4, 0.5) is 5.95 Å². The third kappa shape index (κ3) is 3.28. The van der Waals surface area contributed by atoms with Crippen LogP contribution in [0.15, 0.2) is 31.0 Å². The van der Waals surface area contributed by atoms with Gasteiger partial charge < -0.3 is 19.9 Å². The van der Waals surface area contributed by atoms with Crippen LogP contribution in [0.2, 0.25) is 0 Å². The van der Waals surface area contributed by atoms with Gasteiger partial charge in [-0.3, -0.25) is 9.20 Å². The molecule has 10 heteroatoms. The molecule has 1 aliphatic carbocycles. The van der Waals surface area contributed by atoms with E-state index >= 15 is 0 Å². The zero-order chi connectivity index (χ0) is 22.6. The van der Waals surface area contributed by atoms with E-state index in [4.69, 9.17) is 4.74 Å². The molecule has 0 unspecified atom stereocenters. The van der Waals surface area contributed by atoms with Crippen molar-refractivity contribution in [3.8, 4) is 17.0 Å². The predicted octanol–water partition coefficient (Wildman–Crippen LogP) is 2.88. The van der Waals surface area contributed by atoms with Crippen molar-refractivity contribution in [2.45, 2.75) is 38.6 Å². The number of hydrogen-bond acceptors (Lipinski definition) is 7. The first-order valence-corrected chi connectivity index (χ1v) is 11.3. The van der Waals surface area contributed by atoms with Crippen molar-refractivity contribution < 1.29 is 9.53 Å². The third-order valence-corrected chi connectivity index (χ3v) is 6.88. The van der Waals surface area contributed by atoms with Gasteiger partial charge in [-0.05, 0) is 25.7 Å². The van der Waals surface area contributed by atoms with Crippen molar-refractivity contribution in [3.63, 3.8) is 0 Å². The molecule has 2 aliphatic rings. The van der Waals surface area contributed by atoms with E-state index in [0.29, 0.717) is 23.3 Å². The van der Waals surface area contributed by atoms with Gasteiger partial charge in [-0.25, -0.2) is 9.97 Å². The first-order chi connectivity index (χ1) is 16.0. The van der Waals surface area contributed by atoms with E-state index in [1.807, 2.05) is 27.9 Å². The maximum atomic E-state index is 12.9. The highest BCUT2D eigenvalue weighted by molar-refractivity contribution is 5.97. The number of likely N-dealkylation sites (tertiary alicyclic amines) is 1. The number of H-pyrrole nitrogens is 1. The monoisotopic (exact) mass is 446 g/mol. The number of nitrogens with one attached hydrogen (secondary N) is 2. The molecule has 5 heterocycles. The summed E-state index contributed by atoms with van der Waals surface area (Å²) in [5.41, 5.74) is 2.20. The van der Waals surface area contributed by atoms with E-state index in [2.05, 4.69) is 37.2 Å². The second-order valence-corrected chi connectivity index (χ2v) is 9.27. The van der Waals surface area contributed by atoms with Gasteiger partial charge in [-0.15, -0.1) is 0 Å². The smallest absolute Gasteiger partial charge is 0.233 e. The summed E-state index contributed by atoms with van der Waals surface area (Å²) >= 11 is 0. The lowest BCUT2D eigenvalue weighted by molar-refractivity contribution is -0.145. The maximum Gasteiger partial charge on any atom is 0.233 e. The molecular weight excluding hydrogens is 420 g/mol. The fraction of sp³-hybridized carbons (Fsp3) is 0.435. The van der Waals surface area contributed by atoms with Crippen LogP contribution in [-0.2, 0) is 4.79 Å². The Balaban J connectivity index is 1.24. The van der Waals surface area contributed by atoms with Gasteiger partial charge in [-0.2, -0.15) is 9.97 Å². The fourth-order valence-electron chi connectivity index (χ4n) is 5.18. The molecule has 10 nitrogen and oxygen atoms in total. The molecule has 33 heavy (non-hydrogen) atoms. The number of nitrogens with zero attached hydrogens (tertiary/aromatic N) is 6. The molecule has 2 fully saturated rings. The van der Waals surface area contributed by atoms with E-state index < -0.39 is 0 Å². The van der Waals surface area contributed by atoms with E-state index in [0.717, 1.165) is 55.3 Å². The highest BCUT2D eigenvalue weighted by Crippen LogP contribution is 2.44. The van der Waals surface area contributed by atoms with Crippen LogP contribution in [0.1, 0.15) is 32.6 Å². The van der Waals surface area contributed by atoms with Crippen LogP contribution < -0.4 is 10.1 Å². The number of rotatable bonds is 5. The summed E-state index contributed by atoms with van der Waals surface area (Å²) in [6.07, 6.45) is 13.0. The van der Waals surface area contributed by atoms with E-state index in [1.54, 1.807) is 19.5 Å². The molecule has 0 atom stereocenters. The number of hydrogen-bond donors (Lipinski definition) is 2. The normalized spacial score (nSPS) is 22.6. The molecule has 0 radical (unpaired) electrons. The highest BCUT2D eigenvalue weighted by atomic mass is 16.5. The second-order valence-electron chi connectivity index (χ2n) is 9.27. The average molecular weight is 447 g/mol. The quantitative estimate of drug-likeness (QED) is 0.485. The largest absolute Gasteiger partial charge is 0.480 e. The van der Waals surface area contributed by atoms with Crippen molar-refractivity contribution in [1.82, 2.24) is 34.2 Å². The Bertz CT molecular complexity index is 1350. The van der Waals surface area contributed by atoms with Gasteiger partial charge in [-0.1, -0.05) is 6.92 Å². The van der Waals surface area contributed by atoms with Crippen molar-refractivity contribution >= 4 is 28.7 Å². The third-order valence-electron chi connectivity index (χ3n) is 6.88. The second kappa shape index (κ2) is 7.43. The van der Waals surface area contributed by atoms with Gasteiger partial charge in [0, 0.05) is 61.2 Å². The number of carbonyl (C=O) groups excluding carboxylic acids is 1. The molecule has 1 saturated heterocycles. The van der Waals surface area contributed by atoms with E-state index in [9.17, 15) is 4.79 Å². The van der Waals surface area contributed by atoms with Crippen LogP contribution in [0.3, 0.4) is 0 Å². The minimum atomic E-state index is -0.297. The molecule has 4 aromatic rings. The summed E-state index contributed by atoms with van der Waals surface area (Å²) < 4.78 is 7.50. The zero-order valence-corrected chi connectivity index (χ0v) is 18.7. The Labute approximate surface area is 190 Å². The molecule has 0 spiro atoms. The molecule has 1 aliphatic heterocycles. The van der Waals surface area contributed by atoms with Crippen molar-refractivity contribution in [1.29, 1.82) is 0 Å². The zero-order valence-electron chi connectivity index (χ0n) is 18.7. The van der Waals surface area contributed by atoms with Crippen molar-refractivity contribution in [2.75, 3.05) is 25.5 Å². The van der Waals surface area contributed by atoms with Crippen LogP contribution in [0, 0.1) is 5.41 Å². The van der Waals surface area contributed by atoms with Gasteiger partial charge in [0.05, 0.1) is 17.9 Å². The van der Waals surface area contributed by atoms with Gasteiger partial charge in [0.25, 0.3) is 0 Å². The number of imidazole rings is 1. The van der Waals surface area contributed by atoms with E-state index in [1.165, 1.54) is 0 Å². The summed E-state index contributed by atoms with van der Waals surface area (Å²) in [6, 6.07) is 0.158. The van der Waals surface area contributed by atoms with E-state index in [-0.39, 0.29) is 17.4 Å². The summed E-state index contributed by atoms with van der Waals surface area (Å²) in [7, 11) is 1.61. The number of ether oxygens (including phenoxy) is 1. The Hall–Kier alpha value is -3.69. The lowest BCUT2D eigenvalue weighted by Crippen LogP contribution is -2.53. The number of fused-ring (bicyclic) bond motifs is 2. The molecule has 6 rings (SSSR count). The standard InChI is InChI=1S/C23H26N8O2/c1-23(20(32)30-6-3-4-7-30)9-15(10-23)27-21-28-18-17(19(29-21)33-2)16(12-25-18)14-11-26-22-24-5-8-31(22)13-14/h5,8,11-13,15H,3-4,6-7,9-10H2,1-2H3,(H2,25,27,28,29)/t15-,23+. The Morgan fingerprint density at radius 1 is 1.24 bits per heavy atom. The maximum absolute atomic E-state index is 12.9. The molecule has 170 valence electrons. The molecule has 1 amide bonds. The number of aromatic nitrogens is 6. The van der Waals surface area contributed by atoms with Gasteiger partial charge in [0.15, 0.2) is 0 Å². The molecule has 4 aromatic heterocycles. The Kier molecular flexibility index (Phi) is 4.49. The first kappa shape index (κ1) is 20.0. The van der Waals surface area contributed by atoms with Crippen molar-refractivity contribution in [3.05, 3.63) is 31.0 Å². The topological polar surface area (TPSA) is 113 Å². The highest BCUT2D eigenvalue weighted by Gasteiger charge is 2.48. The van der Waals surface area contributed by atoms with Crippen LogP contribution in [0.25, 0.3) is 27.9 Å². The van der Waals surface area contributed by atoms with Crippen LogP contribution in [0.5, 0.6) is 5.88 Å². The lowest BCUT2D eigenvalue weighted by atomic mass is 9.66. The molecular formula is C23H26N8O2. The Morgan fingerprint density at radius 2 is 2.06 bits per heavy atom. The first-order valence-electron chi connectivity index (χ1n) is 11.3. The number of aromatic amines is 1. The van der Waals surface area contributed by atoms with Gasteiger partial charge in [0.2, 0.25) is 23.5 Å². The lowest BCUT2D eigenvalue weighted by Gasteiger charge is -2.45. The SMILES string of the molecule is COc1nc(N[C@H]2C[C@@](C)(C(=O)N3CCCC3)C2)nc2[nH]cc(-c3cnc4nccn4c3)c12. The molecule has 0 bridgehead atoms. The summed E-state index contributed by atoms with van der Waals surface area (Å²) in [5.74, 6) is 1.91. The number of amides is 1. The predicted molar refractivity (Wildman–Crippen MR) is 123 cm³/mol. The molecule has 1 saturated carbocycles. The average Bonchev–Trinajstić information content (AvgIpc) is 3.56. The molecule has 2 N–H and O–H groups in total. The van der Waals surface area contributed by atoms with Gasteiger partial charge in [0.1, 0.15) is 5.65 Å². The summed E-state index contributed by atoms with van der Waals surface area (Å²) in [5, 5.41) is 4.20. The minimum absolute atomic E-state index is 0.158. The summed E-state index contributed by atoms with van der Waals surface area (Å²) in [6.45, 7) is 3.85. The number of anilines is 1. The van der Waals surface area contributed by atoms with Crippen LogP contribution in [-0.4, -0.2) is 66.4 Å². The van der Waals surface area contributed by atoms with Crippen LogP contribution >= 0.6 is 0 Å².